The summed E-state index contributed by atoms with van der Waals surface area (Å²) in [5.74, 6) is -1.86. The van der Waals surface area contributed by atoms with E-state index in [4.69, 9.17) is 23.2 Å². The molecule has 0 aromatic heterocycles. The quantitative estimate of drug-likeness (QED) is 0.529. The molecular weight excluding hydrogens is 229 g/mol. The van der Waals surface area contributed by atoms with Crippen LogP contribution in [0.25, 0.3) is 0 Å². The van der Waals surface area contributed by atoms with Crippen molar-refractivity contribution in [2.24, 2.45) is 0 Å². The van der Waals surface area contributed by atoms with E-state index in [2.05, 4.69) is 0 Å². The third kappa shape index (κ3) is 2.58. The van der Waals surface area contributed by atoms with Crippen LogP contribution in [0.3, 0.4) is 0 Å². The van der Waals surface area contributed by atoms with Crippen molar-refractivity contribution in [1.29, 1.82) is 0 Å². The van der Waals surface area contributed by atoms with Crippen molar-refractivity contribution in [2.45, 2.75) is 25.1 Å². The van der Waals surface area contributed by atoms with Crippen LogP contribution in [-0.2, 0) is 0 Å². The first-order chi connectivity index (χ1) is 6.56. The monoisotopic (exact) mass is 238 g/mol. The fourth-order valence-electron chi connectivity index (χ4n) is 1.19. The molecule has 78 valence electrons. The van der Waals surface area contributed by atoms with Gasteiger partial charge in [-0.1, -0.05) is 24.9 Å². The molecule has 0 N–H and O–H groups in total. The smallest absolute Gasteiger partial charge is 0.160 e. The van der Waals surface area contributed by atoms with Crippen LogP contribution in [0.1, 0.15) is 30.7 Å². The maximum Gasteiger partial charge on any atom is 0.160 e. The van der Waals surface area contributed by atoms with E-state index in [1.54, 1.807) is 0 Å². The van der Waals surface area contributed by atoms with E-state index < -0.39 is 11.6 Å². The lowest BCUT2D eigenvalue weighted by Gasteiger charge is -2.10. The highest BCUT2D eigenvalue weighted by Crippen LogP contribution is 2.32. The predicted molar refractivity (Wildman–Crippen MR) is 54.9 cm³/mol. The maximum atomic E-state index is 12.9. The van der Waals surface area contributed by atoms with Crippen molar-refractivity contribution in [2.75, 3.05) is 0 Å². The van der Waals surface area contributed by atoms with Crippen molar-refractivity contribution in [1.82, 2.24) is 0 Å². The first-order valence-electron chi connectivity index (χ1n) is 4.34. The van der Waals surface area contributed by atoms with Crippen molar-refractivity contribution < 1.29 is 8.78 Å². The minimum Gasteiger partial charge on any atom is -0.204 e. The average Bonchev–Trinajstić information content (AvgIpc) is 2.11. The summed E-state index contributed by atoms with van der Waals surface area (Å²) in [7, 11) is 0. The minimum atomic E-state index is -0.945. The molecular formula is C10H10Cl2F2. The molecule has 0 heterocycles. The Morgan fingerprint density at radius 2 is 1.86 bits per heavy atom. The van der Waals surface area contributed by atoms with E-state index >= 15 is 0 Å². The van der Waals surface area contributed by atoms with Crippen molar-refractivity contribution >= 4 is 23.2 Å². The van der Waals surface area contributed by atoms with Gasteiger partial charge in [0.15, 0.2) is 11.6 Å². The molecule has 0 nitrogen and oxygen atoms in total. The number of hydrogen-bond donors (Lipinski definition) is 0. The summed E-state index contributed by atoms with van der Waals surface area (Å²) in [6.45, 7) is 1.96. The highest BCUT2D eigenvalue weighted by Gasteiger charge is 2.14. The second-order valence-corrected chi connectivity index (χ2v) is 3.98. The number of halogens is 4. The predicted octanol–water partition coefficient (Wildman–Crippen LogP) is 4.70. The van der Waals surface area contributed by atoms with Crippen molar-refractivity contribution in [3.8, 4) is 0 Å². The van der Waals surface area contributed by atoms with Crippen LogP contribution < -0.4 is 0 Å². The molecule has 0 radical (unpaired) electrons. The topological polar surface area (TPSA) is 0 Å². The van der Waals surface area contributed by atoms with Gasteiger partial charge in [-0.2, -0.15) is 0 Å². The van der Waals surface area contributed by atoms with Crippen LogP contribution in [0.15, 0.2) is 12.1 Å². The summed E-state index contributed by atoms with van der Waals surface area (Å²) in [6.07, 6.45) is 1.55. The molecule has 0 fully saturated rings. The highest BCUT2D eigenvalue weighted by molar-refractivity contribution is 6.32. The summed E-state index contributed by atoms with van der Waals surface area (Å²) in [5.41, 5.74) is 0.453. The molecule has 0 bridgehead atoms. The Kier molecular flexibility index (Phi) is 4.14. The number of rotatable bonds is 3. The Morgan fingerprint density at radius 1 is 1.29 bits per heavy atom. The first kappa shape index (κ1) is 11.7. The summed E-state index contributed by atoms with van der Waals surface area (Å²) < 4.78 is 25.6. The number of hydrogen-bond acceptors (Lipinski definition) is 0. The van der Waals surface area contributed by atoms with Gasteiger partial charge in [0.25, 0.3) is 0 Å². The van der Waals surface area contributed by atoms with Crippen LogP contribution in [0.4, 0.5) is 8.78 Å². The highest BCUT2D eigenvalue weighted by atomic mass is 35.5. The zero-order valence-corrected chi connectivity index (χ0v) is 9.17. The standard InChI is InChI=1S/C10H10Cl2F2/c1-2-3-7(11)6-4-9(13)10(14)5-8(6)12/h4-5,7H,2-3H2,1H3. The molecule has 14 heavy (non-hydrogen) atoms. The molecule has 0 aliphatic rings. The molecule has 1 aromatic carbocycles. The van der Waals surface area contributed by atoms with Crippen LogP contribution in [0, 0.1) is 11.6 Å². The van der Waals surface area contributed by atoms with Crippen LogP contribution in [-0.4, -0.2) is 0 Å². The number of alkyl halides is 1. The minimum absolute atomic E-state index is 0.178. The Labute approximate surface area is 91.8 Å². The molecule has 0 spiro atoms. The third-order valence-electron chi connectivity index (χ3n) is 1.92. The second-order valence-electron chi connectivity index (χ2n) is 3.04. The zero-order valence-electron chi connectivity index (χ0n) is 7.66. The lowest BCUT2D eigenvalue weighted by atomic mass is 10.1. The molecule has 4 heteroatoms. The van der Waals surface area contributed by atoms with Gasteiger partial charge in [0.1, 0.15) is 0 Å². The summed E-state index contributed by atoms with van der Waals surface area (Å²) in [5, 5.41) is -0.181. The van der Waals surface area contributed by atoms with Gasteiger partial charge in [-0.3, -0.25) is 0 Å². The SMILES string of the molecule is CCCC(Cl)c1cc(F)c(F)cc1Cl. The molecule has 1 atom stereocenters. The fourth-order valence-corrected chi connectivity index (χ4v) is 1.92. The molecule has 0 aliphatic heterocycles. The van der Waals surface area contributed by atoms with Crippen molar-refractivity contribution in [3.05, 3.63) is 34.4 Å². The van der Waals surface area contributed by atoms with E-state index in [0.29, 0.717) is 12.0 Å². The van der Waals surface area contributed by atoms with E-state index in [0.717, 1.165) is 18.6 Å². The van der Waals surface area contributed by atoms with E-state index in [-0.39, 0.29) is 10.4 Å². The average molecular weight is 239 g/mol. The molecule has 1 aromatic rings. The second kappa shape index (κ2) is 4.94. The van der Waals surface area contributed by atoms with Gasteiger partial charge >= 0.3 is 0 Å². The van der Waals surface area contributed by atoms with Gasteiger partial charge in [-0.05, 0) is 24.1 Å². The van der Waals surface area contributed by atoms with Gasteiger partial charge in [-0.25, -0.2) is 8.78 Å². The molecule has 1 rings (SSSR count). The number of benzene rings is 1. The van der Waals surface area contributed by atoms with Gasteiger partial charge in [0.05, 0.1) is 5.38 Å². The van der Waals surface area contributed by atoms with Crippen molar-refractivity contribution in [3.63, 3.8) is 0 Å². The Balaban J connectivity index is 3.02. The largest absolute Gasteiger partial charge is 0.204 e. The Morgan fingerprint density at radius 3 is 2.43 bits per heavy atom. The Hall–Kier alpha value is -0.340. The molecule has 0 saturated heterocycles. The maximum absolute atomic E-state index is 12.9. The zero-order chi connectivity index (χ0) is 10.7. The third-order valence-corrected chi connectivity index (χ3v) is 2.70. The van der Waals surface area contributed by atoms with Crippen LogP contribution in [0.2, 0.25) is 5.02 Å². The summed E-state index contributed by atoms with van der Waals surface area (Å²) in [4.78, 5) is 0. The Bertz CT molecular complexity index is 326. The normalized spacial score (nSPS) is 12.9. The molecule has 0 amide bonds. The van der Waals surface area contributed by atoms with Gasteiger partial charge in [0.2, 0.25) is 0 Å². The molecule has 0 saturated carbocycles. The molecule has 1 unspecified atom stereocenters. The van der Waals surface area contributed by atoms with Crippen LogP contribution in [0.5, 0.6) is 0 Å². The van der Waals surface area contributed by atoms with Gasteiger partial charge < -0.3 is 0 Å². The van der Waals surface area contributed by atoms with E-state index in [1.807, 2.05) is 6.92 Å². The molecule has 0 aliphatic carbocycles. The van der Waals surface area contributed by atoms with Gasteiger partial charge in [0, 0.05) is 5.02 Å². The lowest BCUT2D eigenvalue weighted by molar-refractivity contribution is 0.506. The van der Waals surface area contributed by atoms with Crippen LogP contribution >= 0.6 is 23.2 Å². The lowest BCUT2D eigenvalue weighted by Crippen LogP contribution is -1.95. The van der Waals surface area contributed by atoms with Gasteiger partial charge in [-0.15, -0.1) is 11.6 Å². The summed E-state index contributed by atoms with van der Waals surface area (Å²) in [6, 6.07) is 2.02. The van der Waals surface area contributed by atoms with E-state index in [9.17, 15) is 8.78 Å². The fraction of sp³-hybridized carbons (Fsp3) is 0.400. The summed E-state index contributed by atoms with van der Waals surface area (Å²) >= 11 is 11.7. The first-order valence-corrected chi connectivity index (χ1v) is 5.16. The van der Waals surface area contributed by atoms with E-state index in [1.165, 1.54) is 0 Å².